The Hall–Kier alpha value is -2.11. The van der Waals surface area contributed by atoms with Gasteiger partial charge in [-0.3, -0.25) is 0 Å². The summed E-state index contributed by atoms with van der Waals surface area (Å²) in [7, 11) is 0. The summed E-state index contributed by atoms with van der Waals surface area (Å²) >= 11 is 7.70. The molecule has 2 aromatic heterocycles. The largest absolute Gasteiger partial charge is 0.372 e. The van der Waals surface area contributed by atoms with Gasteiger partial charge < -0.3 is 9.80 Å². The van der Waals surface area contributed by atoms with Crippen LogP contribution in [-0.4, -0.2) is 41.0 Å². The second-order valence-corrected chi connectivity index (χ2v) is 7.54. The molecule has 1 aromatic carbocycles. The molecule has 1 saturated heterocycles. The Morgan fingerprint density at radius 3 is 2.52 bits per heavy atom. The van der Waals surface area contributed by atoms with Crippen molar-refractivity contribution in [3.63, 3.8) is 0 Å². The van der Waals surface area contributed by atoms with Crippen molar-refractivity contribution in [3.8, 4) is 11.1 Å². The third-order valence-electron chi connectivity index (χ3n) is 4.62. The van der Waals surface area contributed by atoms with Gasteiger partial charge in [-0.25, -0.2) is 9.97 Å². The molecule has 0 N–H and O–H groups in total. The van der Waals surface area contributed by atoms with Crippen molar-refractivity contribution in [3.05, 3.63) is 53.3 Å². The fourth-order valence-electron chi connectivity index (χ4n) is 3.24. The molecule has 0 radical (unpaired) electrons. The first-order valence-corrected chi connectivity index (χ1v) is 9.53. The predicted octanol–water partition coefficient (Wildman–Crippen LogP) is 4.67. The molecule has 3 heterocycles. The number of allylic oxidation sites excluding steroid dienone is 1. The van der Waals surface area contributed by atoms with Crippen LogP contribution in [0.1, 0.15) is 6.92 Å². The van der Waals surface area contributed by atoms with Crippen molar-refractivity contribution < 1.29 is 0 Å². The van der Waals surface area contributed by atoms with Crippen molar-refractivity contribution in [1.82, 2.24) is 14.9 Å². The molecule has 25 heavy (non-hydrogen) atoms. The van der Waals surface area contributed by atoms with E-state index in [0.29, 0.717) is 0 Å². The molecule has 0 aliphatic carbocycles. The molecule has 1 fully saturated rings. The standard InChI is InChI=1S/C19H19ClN4S/c1-13(2)23-7-9-24(10-8-23)18-17-16(11-25-19(17)22-12-21-18)14-3-5-15(20)6-4-14/h3-6,11-12H,1,7-10H2,2H3. The number of hydrogen-bond acceptors (Lipinski definition) is 5. The van der Waals surface area contributed by atoms with E-state index >= 15 is 0 Å². The van der Waals surface area contributed by atoms with Crippen LogP contribution in [0.25, 0.3) is 21.3 Å². The molecule has 128 valence electrons. The van der Waals surface area contributed by atoms with E-state index in [2.05, 4.69) is 50.8 Å². The van der Waals surface area contributed by atoms with Gasteiger partial charge in [-0.05, 0) is 24.6 Å². The Labute approximate surface area is 156 Å². The molecular formula is C19H19ClN4S. The van der Waals surface area contributed by atoms with E-state index in [4.69, 9.17) is 11.6 Å². The molecule has 1 aliphatic rings. The number of fused-ring (bicyclic) bond motifs is 1. The maximum Gasteiger partial charge on any atom is 0.141 e. The Bertz CT molecular complexity index is 911. The van der Waals surface area contributed by atoms with Gasteiger partial charge in [0.15, 0.2) is 0 Å². The van der Waals surface area contributed by atoms with Gasteiger partial charge in [-0.15, -0.1) is 11.3 Å². The summed E-state index contributed by atoms with van der Waals surface area (Å²) in [6, 6.07) is 7.96. The third kappa shape index (κ3) is 3.10. The lowest BCUT2D eigenvalue weighted by Gasteiger charge is -2.37. The average Bonchev–Trinajstić information content (AvgIpc) is 3.07. The van der Waals surface area contributed by atoms with Gasteiger partial charge in [-0.2, -0.15) is 0 Å². The second kappa shape index (κ2) is 6.65. The summed E-state index contributed by atoms with van der Waals surface area (Å²) in [6.07, 6.45) is 1.67. The number of nitrogens with zero attached hydrogens (tertiary/aromatic N) is 4. The fraction of sp³-hybridized carbons (Fsp3) is 0.263. The highest BCUT2D eigenvalue weighted by atomic mass is 35.5. The van der Waals surface area contributed by atoms with Gasteiger partial charge in [0.1, 0.15) is 17.0 Å². The smallest absolute Gasteiger partial charge is 0.141 e. The summed E-state index contributed by atoms with van der Waals surface area (Å²) in [5.41, 5.74) is 3.45. The van der Waals surface area contributed by atoms with Crippen LogP contribution in [0, 0.1) is 0 Å². The number of piperazine rings is 1. The number of anilines is 1. The van der Waals surface area contributed by atoms with E-state index in [0.717, 1.165) is 58.5 Å². The van der Waals surface area contributed by atoms with Gasteiger partial charge >= 0.3 is 0 Å². The Morgan fingerprint density at radius 1 is 1.12 bits per heavy atom. The van der Waals surface area contributed by atoms with Gasteiger partial charge in [-0.1, -0.05) is 30.3 Å². The monoisotopic (exact) mass is 370 g/mol. The van der Waals surface area contributed by atoms with Gasteiger partial charge in [0.05, 0.1) is 5.39 Å². The van der Waals surface area contributed by atoms with Gasteiger partial charge in [0.25, 0.3) is 0 Å². The highest BCUT2D eigenvalue weighted by Gasteiger charge is 2.22. The quantitative estimate of drug-likeness (QED) is 0.670. The molecular weight excluding hydrogens is 352 g/mol. The summed E-state index contributed by atoms with van der Waals surface area (Å²) in [5, 5.41) is 4.05. The summed E-state index contributed by atoms with van der Waals surface area (Å²) in [6.45, 7) is 9.94. The number of hydrogen-bond donors (Lipinski definition) is 0. The number of benzene rings is 1. The zero-order valence-electron chi connectivity index (χ0n) is 14.1. The van der Waals surface area contributed by atoms with Crippen molar-refractivity contribution in [2.45, 2.75) is 6.92 Å². The normalized spacial score (nSPS) is 15.0. The zero-order valence-corrected chi connectivity index (χ0v) is 15.6. The van der Waals surface area contributed by atoms with E-state index in [9.17, 15) is 0 Å². The van der Waals surface area contributed by atoms with Crippen molar-refractivity contribution in [1.29, 1.82) is 0 Å². The van der Waals surface area contributed by atoms with E-state index in [1.165, 1.54) is 5.56 Å². The topological polar surface area (TPSA) is 32.3 Å². The molecule has 4 nitrogen and oxygen atoms in total. The van der Waals surface area contributed by atoms with Crippen LogP contribution in [0.5, 0.6) is 0 Å². The molecule has 0 amide bonds. The van der Waals surface area contributed by atoms with Crippen molar-refractivity contribution in [2.75, 3.05) is 31.1 Å². The van der Waals surface area contributed by atoms with E-state index in [1.54, 1.807) is 17.7 Å². The van der Waals surface area contributed by atoms with Crippen molar-refractivity contribution >= 4 is 39.0 Å². The second-order valence-electron chi connectivity index (χ2n) is 6.24. The number of rotatable bonds is 3. The minimum Gasteiger partial charge on any atom is -0.372 e. The Balaban J connectivity index is 1.74. The lowest BCUT2D eigenvalue weighted by molar-refractivity contribution is 0.323. The lowest BCUT2D eigenvalue weighted by Crippen LogP contribution is -2.45. The van der Waals surface area contributed by atoms with E-state index < -0.39 is 0 Å². The Morgan fingerprint density at radius 2 is 1.84 bits per heavy atom. The summed E-state index contributed by atoms with van der Waals surface area (Å²) in [4.78, 5) is 14.8. The van der Waals surface area contributed by atoms with Crippen LogP contribution in [0.3, 0.4) is 0 Å². The SMILES string of the molecule is C=C(C)N1CCN(c2ncnc3scc(-c4ccc(Cl)cc4)c23)CC1. The summed E-state index contributed by atoms with van der Waals surface area (Å²) < 4.78 is 0. The van der Waals surface area contributed by atoms with Crippen LogP contribution in [0.4, 0.5) is 5.82 Å². The Kier molecular flexibility index (Phi) is 4.36. The minimum absolute atomic E-state index is 0.746. The van der Waals surface area contributed by atoms with Crippen LogP contribution in [0.15, 0.2) is 48.2 Å². The molecule has 3 aromatic rings. The molecule has 0 bridgehead atoms. The van der Waals surface area contributed by atoms with E-state index in [-0.39, 0.29) is 0 Å². The molecule has 0 atom stereocenters. The maximum absolute atomic E-state index is 6.04. The highest BCUT2D eigenvalue weighted by molar-refractivity contribution is 7.17. The first kappa shape index (κ1) is 16.4. The van der Waals surface area contributed by atoms with Crippen molar-refractivity contribution in [2.24, 2.45) is 0 Å². The van der Waals surface area contributed by atoms with E-state index in [1.807, 2.05) is 12.1 Å². The zero-order chi connectivity index (χ0) is 17.4. The van der Waals surface area contributed by atoms with Crippen LogP contribution in [0.2, 0.25) is 5.02 Å². The first-order valence-electron chi connectivity index (χ1n) is 8.27. The third-order valence-corrected chi connectivity index (χ3v) is 5.76. The van der Waals surface area contributed by atoms with Crippen LogP contribution < -0.4 is 4.90 Å². The lowest BCUT2D eigenvalue weighted by atomic mass is 10.1. The number of aromatic nitrogens is 2. The minimum atomic E-state index is 0.746. The van der Waals surface area contributed by atoms with Crippen LogP contribution >= 0.6 is 22.9 Å². The predicted molar refractivity (Wildman–Crippen MR) is 106 cm³/mol. The van der Waals surface area contributed by atoms with Gasteiger partial charge in [0.2, 0.25) is 0 Å². The van der Waals surface area contributed by atoms with Crippen LogP contribution in [-0.2, 0) is 0 Å². The van der Waals surface area contributed by atoms with Gasteiger partial charge in [0, 0.05) is 47.8 Å². The highest BCUT2D eigenvalue weighted by Crippen LogP contribution is 2.38. The number of thiophene rings is 1. The molecule has 0 saturated carbocycles. The molecule has 1 aliphatic heterocycles. The summed E-state index contributed by atoms with van der Waals surface area (Å²) in [5.74, 6) is 1.03. The molecule has 4 rings (SSSR count). The number of halogens is 1. The maximum atomic E-state index is 6.04. The first-order chi connectivity index (χ1) is 12.1. The fourth-order valence-corrected chi connectivity index (χ4v) is 4.28. The molecule has 6 heteroatoms. The molecule has 0 spiro atoms. The average molecular weight is 371 g/mol. The molecule has 0 unspecified atom stereocenters.